The summed E-state index contributed by atoms with van der Waals surface area (Å²) in [7, 11) is -3.84. The summed E-state index contributed by atoms with van der Waals surface area (Å²) in [6, 6.07) is 4.70. The van der Waals surface area contributed by atoms with E-state index in [4.69, 9.17) is 10.9 Å². The maximum atomic E-state index is 12.0. The first-order valence-electron chi connectivity index (χ1n) is 6.98. The number of primary amides is 1. The molecule has 0 bridgehead atoms. The van der Waals surface area contributed by atoms with Gasteiger partial charge in [-0.15, -0.1) is 0 Å². The first-order chi connectivity index (χ1) is 11.2. The molecule has 1 aliphatic rings. The van der Waals surface area contributed by atoms with Gasteiger partial charge < -0.3 is 5.73 Å². The Labute approximate surface area is 137 Å². The predicted octanol–water partition coefficient (Wildman–Crippen LogP) is -0.103. The molecule has 0 saturated heterocycles. The van der Waals surface area contributed by atoms with Crippen molar-refractivity contribution in [3.63, 3.8) is 0 Å². The van der Waals surface area contributed by atoms with Gasteiger partial charge in [-0.25, -0.2) is 5.14 Å². The van der Waals surface area contributed by atoms with E-state index in [2.05, 4.69) is 10.2 Å². The van der Waals surface area contributed by atoms with Gasteiger partial charge in [-0.05, 0) is 13.0 Å². The molecule has 24 heavy (non-hydrogen) atoms. The standard InChI is InChI=1S/C14H15N5O4S/c1-7(20)12-8(3-2-4-9(12)14(15)21)13-10-5-19(24(16,22)23)6-11(10)17-18-13/h2-4H,5-6H2,1H3,(H2,15,21)(H,17,18)(H2,16,22,23). The van der Waals surface area contributed by atoms with Crippen LogP contribution in [-0.2, 0) is 23.3 Å². The van der Waals surface area contributed by atoms with Gasteiger partial charge in [0.1, 0.15) is 0 Å². The normalized spacial score (nSPS) is 14.6. The van der Waals surface area contributed by atoms with Crippen LogP contribution in [0.2, 0.25) is 0 Å². The molecule has 0 fully saturated rings. The minimum Gasteiger partial charge on any atom is -0.366 e. The smallest absolute Gasteiger partial charge is 0.277 e. The SMILES string of the molecule is CC(=O)c1c(C(N)=O)cccc1-c1n[nH]c2c1CN(S(N)(=O)=O)C2. The number of aromatic amines is 1. The van der Waals surface area contributed by atoms with Gasteiger partial charge in [0, 0.05) is 23.2 Å². The molecule has 1 aromatic heterocycles. The fourth-order valence-electron chi connectivity index (χ4n) is 2.85. The van der Waals surface area contributed by atoms with Crippen LogP contribution < -0.4 is 10.9 Å². The number of carbonyl (C=O) groups is 2. The molecule has 5 N–H and O–H groups in total. The van der Waals surface area contributed by atoms with Crippen molar-refractivity contribution in [2.75, 3.05) is 0 Å². The van der Waals surface area contributed by atoms with E-state index in [-0.39, 0.29) is 30.0 Å². The van der Waals surface area contributed by atoms with Gasteiger partial charge in [-0.2, -0.15) is 17.8 Å². The highest BCUT2D eigenvalue weighted by atomic mass is 32.2. The van der Waals surface area contributed by atoms with Crippen LogP contribution in [-0.4, -0.2) is 34.6 Å². The first kappa shape index (κ1) is 16.3. The summed E-state index contributed by atoms with van der Waals surface area (Å²) in [4.78, 5) is 23.6. The van der Waals surface area contributed by atoms with E-state index in [1.165, 1.54) is 13.0 Å². The van der Waals surface area contributed by atoms with Gasteiger partial charge in [0.2, 0.25) is 5.91 Å². The lowest BCUT2D eigenvalue weighted by atomic mass is 9.94. The third-order valence-corrected chi connectivity index (χ3v) is 4.90. The van der Waals surface area contributed by atoms with Crippen molar-refractivity contribution in [1.82, 2.24) is 14.5 Å². The highest BCUT2D eigenvalue weighted by molar-refractivity contribution is 7.86. The van der Waals surface area contributed by atoms with E-state index in [9.17, 15) is 18.0 Å². The molecule has 0 radical (unpaired) electrons. The Hall–Kier alpha value is -2.56. The molecule has 10 heteroatoms. The largest absolute Gasteiger partial charge is 0.366 e. The Balaban J connectivity index is 2.16. The predicted molar refractivity (Wildman–Crippen MR) is 84.9 cm³/mol. The number of benzene rings is 1. The number of H-pyrrole nitrogens is 1. The van der Waals surface area contributed by atoms with Gasteiger partial charge in [-0.3, -0.25) is 14.7 Å². The van der Waals surface area contributed by atoms with Gasteiger partial charge in [0.05, 0.1) is 23.5 Å². The number of carbonyl (C=O) groups excluding carboxylic acids is 2. The van der Waals surface area contributed by atoms with Crippen LogP contribution >= 0.6 is 0 Å². The van der Waals surface area contributed by atoms with Crippen molar-refractivity contribution in [3.05, 3.63) is 40.6 Å². The van der Waals surface area contributed by atoms with E-state index in [1.54, 1.807) is 12.1 Å². The number of ketones is 1. The summed E-state index contributed by atoms with van der Waals surface area (Å²) < 4.78 is 24.1. The zero-order valence-corrected chi connectivity index (χ0v) is 13.6. The summed E-state index contributed by atoms with van der Waals surface area (Å²) in [6.07, 6.45) is 0. The Morgan fingerprint density at radius 1 is 1.29 bits per heavy atom. The minimum atomic E-state index is -3.84. The zero-order chi connectivity index (χ0) is 17.6. The van der Waals surface area contributed by atoms with Gasteiger partial charge in [-0.1, -0.05) is 12.1 Å². The topological polar surface area (TPSA) is 152 Å². The van der Waals surface area contributed by atoms with E-state index < -0.39 is 16.1 Å². The first-order valence-corrected chi connectivity index (χ1v) is 8.48. The Morgan fingerprint density at radius 2 is 2.00 bits per heavy atom. The zero-order valence-electron chi connectivity index (χ0n) is 12.7. The van der Waals surface area contributed by atoms with Crippen LogP contribution in [0.4, 0.5) is 0 Å². The maximum absolute atomic E-state index is 12.0. The number of amides is 1. The molecule has 0 spiro atoms. The van der Waals surface area contributed by atoms with Crippen molar-refractivity contribution >= 4 is 21.9 Å². The number of Topliss-reactive ketones (excluding diaryl/α,β-unsaturated/α-hetero) is 1. The molecule has 2 aromatic rings. The van der Waals surface area contributed by atoms with Crippen LogP contribution in [0.1, 0.15) is 38.9 Å². The number of nitrogens with zero attached hydrogens (tertiary/aromatic N) is 2. The second kappa shape index (κ2) is 5.51. The van der Waals surface area contributed by atoms with Gasteiger partial charge >= 0.3 is 0 Å². The number of hydrogen-bond donors (Lipinski definition) is 3. The van der Waals surface area contributed by atoms with Crippen molar-refractivity contribution in [1.29, 1.82) is 0 Å². The molecule has 0 unspecified atom stereocenters. The molecule has 0 saturated carbocycles. The van der Waals surface area contributed by atoms with Crippen LogP contribution in [0.5, 0.6) is 0 Å². The van der Waals surface area contributed by atoms with E-state index >= 15 is 0 Å². The second-order valence-electron chi connectivity index (χ2n) is 5.49. The molecular weight excluding hydrogens is 334 g/mol. The molecule has 2 heterocycles. The van der Waals surface area contributed by atoms with Crippen molar-refractivity contribution in [3.8, 4) is 11.3 Å². The monoisotopic (exact) mass is 349 g/mol. The number of nitrogens with one attached hydrogen (secondary N) is 1. The Kier molecular flexibility index (Phi) is 3.74. The second-order valence-corrected chi connectivity index (χ2v) is 7.04. The summed E-state index contributed by atoms with van der Waals surface area (Å²) in [5, 5.41) is 12.1. The number of fused-ring (bicyclic) bond motifs is 1. The summed E-state index contributed by atoms with van der Waals surface area (Å²) >= 11 is 0. The molecule has 0 aliphatic carbocycles. The molecule has 0 atom stereocenters. The number of hydrogen-bond acceptors (Lipinski definition) is 5. The average molecular weight is 349 g/mol. The van der Waals surface area contributed by atoms with Crippen LogP contribution in [0.25, 0.3) is 11.3 Å². The van der Waals surface area contributed by atoms with Crippen LogP contribution in [0.15, 0.2) is 18.2 Å². The Bertz CT molecular complexity index is 964. The quantitative estimate of drug-likeness (QED) is 0.658. The minimum absolute atomic E-state index is 0.0398. The molecule has 1 aromatic carbocycles. The van der Waals surface area contributed by atoms with Crippen LogP contribution in [0.3, 0.4) is 0 Å². The fraction of sp³-hybridized carbons (Fsp3) is 0.214. The third kappa shape index (κ3) is 2.60. The molecule has 1 aliphatic heterocycles. The van der Waals surface area contributed by atoms with Crippen molar-refractivity contribution < 1.29 is 18.0 Å². The lowest BCUT2D eigenvalue weighted by Crippen LogP contribution is -2.32. The lowest BCUT2D eigenvalue weighted by molar-refractivity contribution is 0.0974. The van der Waals surface area contributed by atoms with E-state index in [0.717, 1.165) is 4.31 Å². The highest BCUT2D eigenvalue weighted by Gasteiger charge is 2.32. The maximum Gasteiger partial charge on any atom is 0.277 e. The lowest BCUT2D eigenvalue weighted by Gasteiger charge is -2.12. The van der Waals surface area contributed by atoms with Gasteiger partial charge in [0.25, 0.3) is 10.2 Å². The molecule has 9 nitrogen and oxygen atoms in total. The van der Waals surface area contributed by atoms with E-state index in [1.807, 2.05) is 0 Å². The average Bonchev–Trinajstić information content (AvgIpc) is 3.05. The number of rotatable bonds is 4. The summed E-state index contributed by atoms with van der Waals surface area (Å²) in [6.45, 7) is 1.44. The van der Waals surface area contributed by atoms with Crippen molar-refractivity contribution in [2.24, 2.45) is 10.9 Å². The summed E-state index contributed by atoms with van der Waals surface area (Å²) in [5.74, 6) is -1.06. The Morgan fingerprint density at radius 3 is 2.58 bits per heavy atom. The molecular formula is C14H15N5O4S. The van der Waals surface area contributed by atoms with Crippen LogP contribution in [0, 0.1) is 0 Å². The van der Waals surface area contributed by atoms with Crippen molar-refractivity contribution in [2.45, 2.75) is 20.0 Å². The van der Waals surface area contributed by atoms with E-state index in [0.29, 0.717) is 22.5 Å². The molecule has 126 valence electrons. The third-order valence-electron chi connectivity index (χ3n) is 3.92. The highest BCUT2D eigenvalue weighted by Crippen LogP contribution is 2.34. The number of aromatic nitrogens is 2. The van der Waals surface area contributed by atoms with Gasteiger partial charge in [0.15, 0.2) is 5.78 Å². The molecule has 3 rings (SSSR count). The fourth-order valence-corrected chi connectivity index (χ4v) is 3.47. The molecule has 1 amide bonds. The number of nitrogens with two attached hydrogens (primary N) is 2. The summed E-state index contributed by atoms with van der Waals surface area (Å²) in [5.41, 5.74) is 7.64.